The van der Waals surface area contributed by atoms with Crippen LogP contribution in [0.3, 0.4) is 0 Å². The molecule has 0 fully saturated rings. The van der Waals surface area contributed by atoms with E-state index in [1.807, 2.05) is 0 Å². The van der Waals surface area contributed by atoms with Gasteiger partial charge >= 0.3 is 29.6 Å². The third-order valence-corrected chi connectivity index (χ3v) is 2.56. The molecular weight excluding hydrogens is 233 g/mol. The number of hydrogen-bond donors (Lipinski definition) is 2. The maximum Gasteiger partial charge on any atom is 1.00 e. The molecule has 2 atom stereocenters. The maximum absolute atomic E-state index is 10.3. The summed E-state index contributed by atoms with van der Waals surface area (Å²) in [7, 11) is -4.21. The SMILES string of the molecule is CC(O)N(CCCS(=O)(=O)[O-])C(C)O.[Na+]. The molecule has 0 aliphatic carbocycles. The van der Waals surface area contributed by atoms with Crippen LogP contribution in [0, 0.1) is 0 Å². The van der Waals surface area contributed by atoms with E-state index in [-0.39, 0.29) is 42.5 Å². The second kappa shape index (κ2) is 7.97. The minimum atomic E-state index is -4.21. The molecule has 0 spiro atoms. The molecule has 0 aliphatic rings. The van der Waals surface area contributed by atoms with Gasteiger partial charge in [-0.1, -0.05) is 0 Å². The fraction of sp³-hybridized carbons (Fsp3) is 1.00. The van der Waals surface area contributed by atoms with E-state index in [4.69, 9.17) is 10.2 Å². The normalized spacial score (nSPS) is 15.9. The van der Waals surface area contributed by atoms with Gasteiger partial charge in [-0.3, -0.25) is 4.90 Å². The molecule has 0 aliphatic heterocycles. The first-order valence-electron chi connectivity index (χ1n) is 4.29. The van der Waals surface area contributed by atoms with Crippen molar-refractivity contribution in [1.82, 2.24) is 4.90 Å². The fourth-order valence-electron chi connectivity index (χ4n) is 1.11. The predicted octanol–water partition coefficient (Wildman–Crippen LogP) is -4.10. The zero-order valence-electron chi connectivity index (χ0n) is 9.25. The number of aliphatic hydroxyl groups excluding tert-OH is 2. The predicted molar refractivity (Wildman–Crippen MR) is 49.2 cm³/mol. The van der Waals surface area contributed by atoms with Crippen molar-refractivity contribution >= 4 is 10.1 Å². The van der Waals surface area contributed by atoms with E-state index < -0.39 is 28.3 Å². The van der Waals surface area contributed by atoms with Crippen molar-refractivity contribution in [2.24, 2.45) is 0 Å². The summed E-state index contributed by atoms with van der Waals surface area (Å²) in [6, 6.07) is 0. The molecule has 0 amide bonds. The van der Waals surface area contributed by atoms with Crippen LogP contribution >= 0.6 is 0 Å². The Balaban J connectivity index is 0. The zero-order valence-corrected chi connectivity index (χ0v) is 12.1. The topological polar surface area (TPSA) is 101 Å². The average Bonchev–Trinajstić information content (AvgIpc) is 1.94. The second-order valence-electron chi connectivity index (χ2n) is 3.12. The van der Waals surface area contributed by atoms with E-state index in [0.717, 1.165) is 0 Å². The van der Waals surface area contributed by atoms with Gasteiger partial charge in [-0.15, -0.1) is 0 Å². The van der Waals surface area contributed by atoms with E-state index in [2.05, 4.69) is 0 Å². The smallest absolute Gasteiger partial charge is 0.748 e. The zero-order chi connectivity index (χ0) is 11.4. The summed E-state index contributed by atoms with van der Waals surface area (Å²) >= 11 is 0. The van der Waals surface area contributed by atoms with Gasteiger partial charge in [-0.2, -0.15) is 0 Å². The van der Waals surface area contributed by atoms with E-state index in [9.17, 15) is 13.0 Å². The van der Waals surface area contributed by atoms with Crippen LogP contribution in [0.25, 0.3) is 0 Å². The van der Waals surface area contributed by atoms with Gasteiger partial charge < -0.3 is 14.8 Å². The monoisotopic (exact) mass is 249 g/mol. The molecule has 0 aromatic carbocycles. The minimum absolute atomic E-state index is 0. The van der Waals surface area contributed by atoms with Gasteiger partial charge in [0.2, 0.25) is 0 Å². The molecule has 8 heteroatoms. The summed E-state index contributed by atoms with van der Waals surface area (Å²) in [5, 5.41) is 18.3. The molecule has 0 heterocycles. The van der Waals surface area contributed by atoms with E-state index >= 15 is 0 Å². The van der Waals surface area contributed by atoms with Crippen LogP contribution in [0.5, 0.6) is 0 Å². The molecule has 0 saturated heterocycles. The number of aliphatic hydroxyl groups is 2. The summed E-state index contributed by atoms with van der Waals surface area (Å²) < 4.78 is 30.8. The number of nitrogens with zero attached hydrogens (tertiary/aromatic N) is 1. The standard InChI is InChI=1S/C7H17NO5S.Na/c1-6(9)8(7(2)10)4-3-5-14(11,12)13;/h6-7,9-10H,3-5H2,1-2H3,(H,11,12,13);/q;+1/p-1. The van der Waals surface area contributed by atoms with Crippen molar-refractivity contribution in [2.45, 2.75) is 32.7 Å². The first-order valence-corrected chi connectivity index (χ1v) is 5.87. The summed E-state index contributed by atoms with van der Waals surface area (Å²) in [5.41, 5.74) is 0. The summed E-state index contributed by atoms with van der Waals surface area (Å²) in [6.45, 7) is 3.08. The van der Waals surface area contributed by atoms with Crippen LogP contribution in [0.15, 0.2) is 0 Å². The van der Waals surface area contributed by atoms with E-state index in [0.29, 0.717) is 0 Å². The first kappa shape index (κ1) is 18.2. The van der Waals surface area contributed by atoms with Gasteiger partial charge in [0.1, 0.15) is 12.5 Å². The Labute approximate surface area is 112 Å². The van der Waals surface area contributed by atoms with Gasteiger partial charge in [0.05, 0.1) is 10.1 Å². The number of rotatable bonds is 6. The van der Waals surface area contributed by atoms with Crippen LogP contribution < -0.4 is 29.6 Å². The molecule has 0 radical (unpaired) electrons. The fourth-order valence-corrected chi connectivity index (χ4v) is 1.59. The second-order valence-corrected chi connectivity index (χ2v) is 4.64. The van der Waals surface area contributed by atoms with Crippen LogP contribution in [0.4, 0.5) is 0 Å². The minimum Gasteiger partial charge on any atom is -0.748 e. The molecule has 0 aromatic heterocycles. The van der Waals surface area contributed by atoms with Gasteiger partial charge in [0.15, 0.2) is 0 Å². The van der Waals surface area contributed by atoms with Crippen LogP contribution in [-0.4, -0.2) is 52.8 Å². The molecule has 86 valence electrons. The Morgan fingerprint density at radius 2 is 1.67 bits per heavy atom. The van der Waals surface area contributed by atoms with E-state index in [1.165, 1.54) is 18.7 Å². The van der Waals surface area contributed by atoms with Gasteiger partial charge in [-0.05, 0) is 20.3 Å². The van der Waals surface area contributed by atoms with Crippen molar-refractivity contribution in [3.63, 3.8) is 0 Å². The Hall–Kier alpha value is 0.790. The third-order valence-electron chi connectivity index (χ3n) is 1.77. The van der Waals surface area contributed by atoms with Crippen molar-refractivity contribution in [1.29, 1.82) is 0 Å². The van der Waals surface area contributed by atoms with Crippen molar-refractivity contribution in [3.05, 3.63) is 0 Å². The Kier molecular flexibility index (Phi) is 9.65. The molecule has 6 nitrogen and oxygen atoms in total. The van der Waals surface area contributed by atoms with Crippen molar-refractivity contribution in [2.75, 3.05) is 12.3 Å². The Morgan fingerprint density at radius 1 is 1.27 bits per heavy atom. The largest absolute Gasteiger partial charge is 1.00 e. The third kappa shape index (κ3) is 9.70. The Bertz CT molecular complexity index is 246. The Morgan fingerprint density at radius 3 is 1.93 bits per heavy atom. The molecule has 0 saturated carbocycles. The molecule has 2 unspecified atom stereocenters. The molecular formula is C7H16NNaO5S. The van der Waals surface area contributed by atoms with Crippen LogP contribution in [0.1, 0.15) is 20.3 Å². The van der Waals surface area contributed by atoms with E-state index in [1.54, 1.807) is 0 Å². The summed E-state index contributed by atoms with van der Waals surface area (Å²) in [5.74, 6) is -0.483. The molecule has 15 heavy (non-hydrogen) atoms. The molecule has 0 bridgehead atoms. The maximum atomic E-state index is 10.3. The van der Waals surface area contributed by atoms with Gasteiger partial charge in [0, 0.05) is 12.3 Å². The summed E-state index contributed by atoms with van der Waals surface area (Å²) in [4.78, 5) is 1.28. The van der Waals surface area contributed by atoms with Crippen molar-refractivity contribution < 1.29 is 52.7 Å². The van der Waals surface area contributed by atoms with Crippen molar-refractivity contribution in [3.8, 4) is 0 Å². The number of hydrogen-bond acceptors (Lipinski definition) is 6. The molecule has 2 N–H and O–H groups in total. The average molecular weight is 249 g/mol. The van der Waals surface area contributed by atoms with Gasteiger partial charge in [0.25, 0.3) is 0 Å². The van der Waals surface area contributed by atoms with Crippen LogP contribution in [0.2, 0.25) is 0 Å². The summed E-state index contributed by atoms with van der Waals surface area (Å²) in [6.07, 6.45) is -1.64. The van der Waals surface area contributed by atoms with Crippen LogP contribution in [-0.2, 0) is 10.1 Å². The first-order chi connectivity index (χ1) is 6.24. The van der Waals surface area contributed by atoms with Gasteiger partial charge in [-0.25, -0.2) is 8.42 Å². The quantitative estimate of drug-likeness (QED) is 0.282. The molecule has 0 aromatic rings. The molecule has 0 rings (SSSR count).